The summed E-state index contributed by atoms with van der Waals surface area (Å²) in [5.74, 6) is 0.987. The van der Waals surface area contributed by atoms with Crippen molar-refractivity contribution < 1.29 is 14.3 Å². The summed E-state index contributed by atoms with van der Waals surface area (Å²) in [5.41, 5.74) is 1.02. The predicted octanol–water partition coefficient (Wildman–Crippen LogP) is 1.50. The van der Waals surface area contributed by atoms with Gasteiger partial charge in [0.2, 0.25) is 11.8 Å². The van der Waals surface area contributed by atoms with Crippen molar-refractivity contribution in [3.05, 3.63) is 18.0 Å². The molecule has 2 amide bonds. The van der Waals surface area contributed by atoms with Crippen LogP contribution in [-0.4, -0.2) is 52.8 Å². The van der Waals surface area contributed by atoms with Crippen LogP contribution in [0.4, 0.5) is 0 Å². The van der Waals surface area contributed by atoms with Gasteiger partial charge in [0.05, 0.1) is 24.7 Å². The molecular weight excluding hydrogens is 332 g/mol. The highest BCUT2D eigenvalue weighted by molar-refractivity contribution is 5.80. The zero-order chi connectivity index (χ0) is 17.9. The van der Waals surface area contributed by atoms with Crippen LogP contribution in [-0.2, 0) is 20.9 Å². The van der Waals surface area contributed by atoms with Crippen molar-refractivity contribution >= 4 is 11.8 Å². The van der Waals surface area contributed by atoms with Gasteiger partial charge in [-0.15, -0.1) is 0 Å². The Balaban J connectivity index is 1.35. The van der Waals surface area contributed by atoms with E-state index in [2.05, 4.69) is 10.4 Å². The van der Waals surface area contributed by atoms with Crippen molar-refractivity contribution in [1.82, 2.24) is 20.0 Å². The van der Waals surface area contributed by atoms with E-state index in [4.69, 9.17) is 4.74 Å². The molecule has 0 aromatic carbocycles. The number of nitrogens with zero attached hydrogens (tertiary/aromatic N) is 3. The third kappa shape index (κ3) is 3.77. The highest BCUT2D eigenvalue weighted by Crippen LogP contribution is 2.31. The van der Waals surface area contributed by atoms with Crippen molar-refractivity contribution in [3.8, 4) is 0 Å². The first-order valence-corrected chi connectivity index (χ1v) is 9.86. The fourth-order valence-corrected chi connectivity index (χ4v) is 4.11. The average Bonchev–Trinajstić information content (AvgIpc) is 3.08. The third-order valence-corrected chi connectivity index (χ3v) is 6.00. The molecule has 1 saturated carbocycles. The first-order valence-electron chi connectivity index (χ1n) is 9.86. The van der Waals surface area contributed by atoms with Crippen molar-refractivity contribution in [2.45, 2.75) is 51.1 Å². The number of fused-ring (bicyclic) bond motifs is 1. The fraction of sp³-hybridized carbons (Fsp3) is 0.737. The van der Waals surface area contributed by atoms with Crippen LogP contribution in [0.2, 0.25) is 0 Å². The molecule has 2 aliphatic heterocycles. The Morgan fingerprint density at radius 2 is 2.04 bits per heavy atom. The first kappa shape index (κ1) is 17.5. The molecule has 1 aromatic rings. The molecule has 0 spiro atoms. The molecule has 26 heavy (non-hydrogen) atoms. The minimum absolute atomic E-state index is 0.0425. The van der Waals surface area contributed by atoms with Crippen LogP contribution in [0.15, 0.2) is 12.3 Å². The molecule has 1 aliphatic carbocycles. The van der Waals surface area contributed by atoms with Crippen molar-refractivity contribution in [2.24, 2.45) is 11.8 Å². The Kier molecular flexibility index (Phi) is 5.24. The monoisotopic (exact) mass is 360 g/mol. The number of rotatable bonds is 5. The lowest BCUT2D eigenvalue weighted by Crippen LogP contribution is -2.46. The van der Waals surface area contributed by atoms with Crippen molar-refractivity contribution in [3.63, 3.8) is 0 Å². The molecular formula is C19H28N4O3. The number of carbonyl (C=O) groups excluding carboxylic acids is 2. The van der Waals surface area contributed by atoms with Gasteiger partial charge in [0.15, 0.2) is 0 Å². The van der Waals surface area contributed by atoms with Gasteiger partial charge < -0.3 is 15.0 Å². The summed E-state index contributed by atoms with van der Waals surface area (Å²) in [6.45, 7) is 3.48. The molecule has 1 saturated heterocycles. The Morgan fingerprint density at radius 1 is 1.23 bits per heavy atom. The summed E-state index contributed by atoms with van der Waals surface area (Å²) in [7, 11) is 0. The Hall–Kier alpha value is -1.89. The van der Waals surface area contributed by atoms with Crippen LogP contribution in [0.25, 0.3) is 0 Å². The number of amides is 2. The lowest BCUT2D eigenvalue weighted by molar-refractivity contribution is -0.141. The number of hydrogen-bond acceptors (Lipinski definition) is 4. The molecule has 3 heterocycles. The van der Waals surface area contributed by atoms with E-state index >= 15 is 0 Å². The van der Waals surface area contributed by atoms with Gasteiger partial charge in [-0.3, -0.25) is 14.3 Å². The van der Waals surface area contributed by atoms with E-state index in [0.29, 0.717) is 32.0 Å². The largest absolute Gasteiger partial charge is 0.381 e. The molecule has 4 rings (SSSR count). The van der Waals surface area contributed by atoms with Crippen LogP contribution < -0.4 is 5.32 Å². The van der Waals surface area contributed by atoms with Crippen LogP contribution >= 0.6 is 0 Å². The van der Waals surface area contributed by atoms with Gasteiger partial charge in [0.25, 0.3) is 0 Å². The van der Waals surface area contributed by atoms with Crippen molar-refractivity contribution in [2.75, 3.05) is 26.3 Å². The van der Waals surface area contributed by atoms with E-state index in [0.717, 1.165) is 51.0 Å². The maximum Gasteiger partial charge on any atom is 0.226 e. The normalized spacial score (nSPS) is 24.0. The maximum absolute atomic E-state index is 12.7. The van der Waals surface area contributed by atoms with Gasteiger partial charge in [-0.1, -0.05) is 6.42 Å². The lowest BCUT2D eigenvalue weighted by atomic mass is 9.84. The molecule has 0 unspecified atom stereocenters. The summed E-state index contributed by atoms with van der Waals surface area (Å²) in [6.07, 6.45) is 7.31. The molecule has 7 nitrogen and oxygen atoms in total. The standard InChI is InChI=1S/C19H28N4O3/c24-18(20-11-14-5-8-26-9-6-14)10-17-13-22(19(25)15-2-1-3-15)12-16-4-7-21-23(16)17/h4,7,14-15,17H,1-3,5-6,8-13H2,(H,20,24)/t17-/m0/s1. The zero-order valence-corrected chi connectivity index (χ0v) is 15.2. The van der Waals surface area contributed by atoms with Crippen LogP contribution in [0.3, 0.4) is 0 Å². The smallest absolute Gasteiger partial charge is 0.226 e. The van der Waals surface area contributed by atoms with E-state index < -0.39 is 0 Å². The van der Waals surface area contributed by atoms with Gasteiger partial charge in [-0.05, 0) is 37.7 Å². The van der Waals surface area contributed by atoms with Crippen molar-refractivity contribution in [1.29, 1.82) is 0 Å². The molecule has 1 N–H and O–H groups in total. The topological polar surface area (TPSA) is 76.5 Å². The SMILES string of the molecule is O=C(C[C@H]1CN(C(=O)C2CCC2)Cc2ccnn21)NCC1CCOCC1. The minimum atomic E-state index is -0.0764. The molecule has 0 radical (unpaired) electrons. The third-order valence-electron chi connectivity index (χ3n) is 6.00. The number of ether oxygens (including phenoxy) is 1. The van der Waals surface area contributed by atoms with E-state index in [-0.39, 0.29) is 23.8 Å². The molecule has 1 aromatic heterocycles. The average molecular weight is 360 g/mol. The summed E-state index contributed by atoms with van der Waals surface area (Å²) in [5, 5.41) is 7.47. The predicted molar refractivity (Wildman–Crippen MR) is 95.2 cm³/mol. The quantitative estimate of drug-likeness (QED) is 0.863. The van der Waals surface area contributed by atoms with Gasteiger partial charge in [-0.2, -0.15) is 5.10 Å². The van der Waals surface area contributed by atoms with E-state index in [9.17, 15) is 9.59 Å². The summed E-state index contributed by atoms with van der Waals surface area (Å²) in [6, 6.07) is 1.88. The van der Waals surface area contributed by atoms with Crippen LogP contribution in [0.5, 0.6) is 0 Å². The number of hydrogen-bond donors (Lipinski definition) is 1. The Morgan fingerprint density at radius 3 is 2.77 bits per heavy atom. The number of aromatic nitrogens is 2. The maximum atomic E-state index is 12.7. The summed E-state index contributed by atoms with van der Waals surface area (Å²) in [4.78, 5) is 27.1. The van der Waals surface area contributed by atoms with E-state index in [1.54, 1.807) is 6.20 Å². The molecule has 0 bridgehead atoms. The second-order valence-electron chi connectivity index (χ2n) is 7.83. The lowest BCUT2D eigenvalue weighted by Gasteiger charge is -2.37. The second-order valence-corrected chi connectivity index (χ2v) is 7.83. The highest BCUT2D eigenvalue weighted by Gasteiger charge is 2.35. The number of nitrogens with one attached hydrogen (secondary N) is 1. The molecule has 3 aliphatic rings. The Labute approximate surface area is 154 Å². The Bertz CT molecular complexity index is 649. The molecule has 142 valence electrons. The molecule has 7 heteroatoms. The van der Waals surface area contributed by atoms with Gasteiger partial charge in [0, 0.05) is 38.4 Å². The minimum Gasteiger partial charge on any atom is -0.381 e. The fourth-order valence-electron chi connectivity index (χ4n) is 4.11. The summed E-state index contributed by atoms with van der Waals surface area (Å²) < 4.78 is 7.29. The zero-order valence-electron chi connectivity index (χ0n) is 15.2. The van der Waals surface area contributed by atoms with Crippen LogP contribution in [0.1, 0.15) is 50.3 Å². The van der Waals surface area contributed by atoms with Gasteiger partial charge in [-0.25, -0.2) is 0 Å². The van der Waals surface area contributed by atoms with Crippen LogP contribution in [0, 0.1) is 11.8 Å². The highest BCUT2D eigenvalue weighted by atomic mass is 16.5. The van der Waals surface area contributed by atoms with Gasteiger partial charge >= 0.3 is 0 Å². The number of carbonyl (C=O) groups is 2. The van der Waals surface area contributed by atoms with Gasteiger partial charge in [0.1, 0.15) is 0 Å². The molecule has 1 atom stereocenters. The van der Waals surface area contributed by atoms with E-state index in [1.165, 1.54) is 0 Å². The first-order chi connectivity index (χ1) is 12.7. The van der Waals surface area contributed by atoms with E-state index in [1.807, 2.05) is 15.6 Å². The summed E-state index contributed by atoms with van der Waals surface area (Å²) >= 11 is 0. The second kappa shape index (κ2) is 7.78. The molecule has 2 fully saturated rings.